The van der Waals surface area contributed by atoms with Gasteiger partial charge in [0.1, 0.15) is 0 Å². The summed E-state index contributed by atoms with van der Waals surface area (Å²) >= 11 is 1.55. The maximum atomic E-state index is 3.88. The zero-order valence-corrected chi connectivity index (χ0v) is 31.4. The Labute approximate surface area is 294 Å². The minimum Gasteiger partial charge on any atom is -1.00 e. The van der Waals surface area contributed by atoms with Crippen LogP contribution in [0.3, 0.4) is 0 Å². The largest absolute Gasteiger partial charge is 1.00 e. The van der Waals surface area contributed by atoms with Gasteiger partial charge in [-0.3, -0.25) is 6.08 Å². The van der Waals surface area contributed by atoms with E-state index in [0.29, 0.717) is 0 Å². The number of fused-ring (bicyclic) bond motifs is 3. The van der Waals surface area contributed by atoms with Gasteiger partial charge in [-0.15, -0.1) is 35.2 Å². The quantitative estimate of drug-likeness (QED) is 0.227. The molecule has 2 aliphatic carbocycles. The van der Waals surface area contributed by atoms with Gasteiger partial charge in [0.2, 0.25) is 0 Å². The minimum atomic E-state index is 0. The molecule has 0 atom stereocenters. The molecule has 0 nitrogen and oxygen atoms in total. The van der Waals surface area contributed by atoms with Crippen LogP contribution < -0.4 is 24.8 Å². The Bertz CT molecular complexity index is 1480. The third-order valence-electron chi connectivity index (χ3n) is 7.41. The molecule has 4 aromatic rings. The number of halogens is 2. The molecule has 0 amide bonds. The van der Waals surface area contributed by atoms with Crippen molar-refractivity contribution in [1.82, 2.24) is 0 Å². The molecule has 0 bridgehead atoms. The van der Waals surface area contributed by atoms with Gasteiger partial charge in [-0.05, 0) is 39.5 Å². The number of allylic oxidation sites excluding steroid dienone is 4. The summed E-state index contributed by atoms with van der Waals surface area (Å²) in [5.74, 6) is 0. The molecule has 0 aliphatic heterocycles. The Morgan fingerprint density at radius 2 is 1.20 bits per heavy atom. The fraction of sp³-hybridized carbons (Fsp3) is 0.293. The van der Waals surface area contributed by atoms with Crippen molar-refractivity contribution in [3.05, 3.63) is 131 Å². The van der Waals surface area contributed by atoms with Gasteiger partial charge in [0.05, 0.1) is 0 Å². The first-order chi connectivity index (χ1) is 19.9. The van der Waals surface area contributed by atoms with E-state index in [1.807, 2.05) is 12.2 Å². The van der Waals surface area contributed by atoms with Crippen molar-refractivity contribution in [3.8, 4) is 33.4 Å². The number of hydrogen-bond donors (Lipinski definition) is 0. The van der Waals surface area contributed by atoms with Crippen molar-refractivity contribution < 1.29 is 49.0 Å². The zero-order chi connectivity index (χ0) is 30.5. The smallest absolute Gasteiger partial charge is 0.109 e. The monoisotopic (exact) mass is 696 g/mol. The second kappa shape index (κ2) is 16.3. The molecule has 0 N–H and O–H groups in total. The van der Waals surface area contributed by atoms with Gasteiger partial charge in [-0.25, -0.2) is 12.2 Å². The Morgan fingerprint density at radius 1 is 0.682 bits per heavy atom. The van der Waals surface area contributed by atoms with Gasteiger partial charge in [-0.1, -0.05) is 131 Å². The van der Waals surface area contributed by atoms with E-state index in [1.165, 1.54) is 58.8 Å². The summed E-state index contributed by atoms with van der Waals surface area (Å²) in [5, 5.41) is 0. The van der Waals surface area contributed by atoms with Crippen LogP contribution in [0, 0.1) is 12.1 Å². The van der Waals surface area contributed by atoms with Crippen LogP contribution in [-0.4, -0.2) is 3.21 Å². The topological polar surface area (TPSA) is 0 Å². The predicted octanol–water partition coefficient (Wildman–Crippen LogP) is 5.05. The van der Waals surface area contributed by atoms with Crippen LogP contribution in [0.1, 0.15) is 84.1 Å². The standard InChI is InChI=1S/C33H33.C5H5.C3H6.2ClH.Zr/c1-32(2,3)30-20-26-24(18-28(30)22-13-9-7-10-14-22)17-25-19-29(23-15-11-8-12-16-23)31(21-27(25)26)33(4,5)6;1-2-4-5-3-1;1-3-2;;;/h7-16,18,20-21H,17H2,1-6H3;1-3H,4H2;1-2H3;2*1H;/q2*-1;;;;+2/p-2. The van der Waals surface area contributed by atoms with E-state index in [2.05, 4.69) is 152 Å². The Morgan fingerprint density at radius 3 is 1.66 bits per heavy atom. The maximum absolute atomic E-state index is 3.88. The number of hydrogen-bond acceptors (Lipinski definition) is 0. The predicted molar refractivity (Wildman–Crippen MR) is 180 cm³/mol. The van der Waals surface area contributed by atoms with Crippen LogP contribution in [-0.2, 0) is 41.5 Å². The summed E-state index contributed by atoms with van der Waals surface area (Å²) in [6.07, 6.45) is 10.9. The molecule has 0 saturated heterocycles. The van der Waals surface area contributed by atoms with Gasteiger partial charge in [0.25, 0.3) is 0 Å². The second-order valence-corrected chi connectivity index (χ2v) is 15.9. The Kier molecular flexibility index (Phi) is 14.0. The van der Waals surface area contributed by atoms with Crippen LogP contribution in [0.25, 0.3) is 33.4 Å². The molecule has 2 aliphatic rings. The summed E-state index contributed by atoms with van der Waals surface area (Å²) in [6, 6.07) is 32.8. The van der Waals surface area contributed by atoms with E-state index in [-0.39, 0.29) is 35.6 Å². The van der Waals surface area contributed by atoms with Crippen molar-refractivity contribution >= 4 is 3.21 Å². The van der Waals surface area contributed by atoms with Crippen molar-refractivity contribution in [2.45, 2.75) is 79.1 Å². The molecule has 0 heterocycles. The molecule has 0 unspecified atom stereocenters. The summed E-state index contributed by atoms with van der Waals surface area (Å²) in [7, 11) is 0. The second-order valence-electron chi connectivity index (χ2n) is 13.4. The first-order valence-electron chi connectivity index (χ1n) is 15.0. The fourth-order valence-corrected chi connectivity index (χ4v) is 5.44. The van der Waals surface area contributed by atoms with Crippen molar-refractivity contribution in [2.75, 3.05) is 0 Å². The molecular formula is C41H44Cl2Zr-2. The molecule has 6 rings (SSSR count). The SMILES string of the molecule is CC(C)(C)c1cc2c([c-]c1-c1ccccc1)Cc1cc(-c3ccccc3)c(C(C)(C)C)cc1-2.C[C](C)=[Zr+2].[C-]1=CC=CC1.[Cl-].[Cl-]. The fourth-order valence-electron chi connectivity index (χ4n) is 5.44. The summed E-state index contributed by atoms with van der Waals surface area (Å²) in [6.45, 7) is 18.1. The molecule has 4 aromatic carbocycles. The van der Waals surface area contributed by atoms with E-state index in [4.69, 9.17) is 0 Å². The molecule has 0 aromatic heterocycles. The zero-order valence-electron chi connectivity index (χ0n) is 27.4. The maximum Gasteiger partial charge on any atom is -0.109 e. The molecule has 0 fully saturated rings. The molecule has 3 heteroatoms. The van der Waals surface area contributed by atoms with E-state index < -0.39 is 0 Å². The minimum absolute atomic E-state index is 0. The Balaban J connectivity index is 0.000000535. The van der Waals surface area contributed by atoms with Crippen molar-refractivity contribution in [3.63, 3.8) is 0 Å². The van der Waals surface area contributed by atoms with Crippen LogP contribution >= 0.6 is 0 Å². The average Bonchev–Trinajstić information content (AvgIpc) is 3.63. The van der Waals surface area contributed by atoms with Gasteiger partial charge in [0.15, 0.2) is 0 Å². The van der Waals surface area contributed by atoms with E-state index >= 15 is 0 Å². The van der Waals surface area contributed by atoms with E-state index in [0.717, 1.165) is 12.8 Å². The first-order valence-corrected chi connectivity index (χ1v) is 16.2. The van der Waals surface area contributed by atoms with Crippen molar-refractivity contribution in [1.29, 1.82) is 0 Å². The molecular weight excluding hydrogens is 655 g/mol. The van der Waals surface area contributed by atoms with E-state index in [1.54, 1.807) is 24.2 Å². The van der Waals surface area contributed by atoms with Crippen LogP contribution in [0.2, 0.25) is 0 Å². The number of rotatable bonds is 2. The molecule has 0 radical (unpaired) electrons. The summed E-state index contributed by atoms with van der Waals surface area (Å²) in [5.41, 5.74) is 13.5. The normalized spacial score (nSPS) is 12.4. The first kappa shape index (κ1) is 37.9. The summed E-state index contributed by atoms with van der Waals surface area (Å²) in [4.78, 5) is 0. The van der Waals surface area contributed by atoms with Gasteiger partial charge < -0.3 is 24.8 Å². The summed E-state index contributed by atoms with van der Waals surface area (Å²) < 4.78 is 1.51. The molecule has 228 valence electrons. The van der Waals surface area contributed by atoms with Crippen LogP contribution in [0.15, 0.2) is 97.1 Å². The van der Waals surface area contributed by atoms with Crippen LogP contribution in [0.5, 0.6) is 0 Å². The van der Waals surface area contributed by atoms with Gasteiger partial charge in [0, 0.05) is 0 Å². The molecule has 0 spiro atoms. The van der Waals surface area contributed by atoms with Crippen molar-refractivity contribution in [2.24, 2.45) is 0 Å². The molecule has 44 heavy (non-hydrogen) atoms. The third-order valence-corrected chi connectivity index (χ3v) is 7.41. The number of benzene rings is 4. The van der Waals surface area contributed by atoms with Gasteiger partial charge in [-0.2, -0.15) is 6.08 Å². The van der Waals surface area contributed by atoms with Crippen LogP contribution in [0.4, 0.5) is 0 Å². The third kappa shape index (κ3) is 9.60. The van der Waals surface area contributed by atoms with E-state index in [9.17, 15) is 0 Å². The average molecular weight is 699 g/mol. The Hall–Kier alpha value is -2.31. The molecule has 0 saturated carbocycles. The van der Waals surface area contributed by atoms with Gasteiger partial charge >= 0.3 is 41.3 Å².